The first-order valence-corrected chi connectivity index (χ1v) is 9.68. The highest BCUT2D eigenvalue weighted by Crippen LogP contribution is 2.22. The number of esters is 1. The Balaban J connectivity index is 1.45. The Morgan fingerprint density at radius 1 is 0.964 bits per heavy atom. The summed E-state index contributed by atoms with van der Waals surface area (Å²) in [7, 11) is 1.39. The van der Waals surface area contributed by atoms with Crippen molar-refractivity contribution in [2.24, 2.45) is 0 Å². The molecule has 2 aromatic rings. The standard InChI is InChI=1S/C22H27N3O3/c1-28-21(26)19-11-5-6-12-20(19)24-14-16-25(17-15-24)22(27)23-13-7-10-18-8-3-2-4-9-18/h2-6,8-9,11-12H,7,10,13-17H2,1H3,(H,23,27). The molecule has 6 nitrogen and oxygen atoms in total. The molecule has 1 saturated heterocycles. The molecular weight excluding hydrogens is 354 g/mol. The van der Waals surface area contributed by atoms with Gasteiger partial charge in [-0.15, -0.1) is 0 Å². The van der Waals surface area contributed by atoms with Crippen molar-refractivity contribution in [1.29, 1.82) is 0 Å². The smallest absolute Gasteiger partial charge is 0.339 e. The van der Waals surface area contributed by atoms with E-state index in [1.54, 1.807) is 6.07 Å². The third kappa shape index (κ3) is 5.03. The van der Waals surface area contributed by atoms with Crippen LogP contribution in [0.3, 0.4) is 0 Å². The van der Waals surface area contributed by atoms with Crippen molar-refractivity contribution >= 4 is 17.7 Å². The maximum absolute atomic E-state index is 12.4. The van der Waals surface area contributed by atoms with Gasteiger partial charge in [0.1, 0.15) is 0 Å². The fourth-order valence-corrected chi connectivity index (χ4v) is 3.43. The first-order valence-electron chi connectivity index (χ1n) is 9.68. The van der Waals surface area contributed by atoms with E-state index >= 15 is 0 Å². The molecule has 1 N–H and O–H groups in total. The highest BCUT2D eigenvalue weighted by atomic mass is 16.5. The minimum Gasteiger partial charge on any atom is -0.465 e. The van der Waals surface area contributed by atoms with Crippen molar-refractivity contribution in [3.05, 3.63) is 65.7 Å². The van der Waals surface area contributed by atoms with Gasteiger partial charge in [-0.1, -0.05) is 42.5 Å². The van der Waals surface area contributed by atoms with Gasteiger partial charge in [0.05, 0.1) is 18.4 Å². The number of carbonyl (C=O) groups is 2. The predicted octanol–water partition coefficient (Wildman–Crippen LogP) is 2.94. The van der Waals surface area contributed by atoms with Crippen molar-refractivity contribution in [3.63, 3.8) is 0 Å². The number of piperazine rings is 1. The number of carbonyl (C=O) groups excluding carboxylic acids is 2. The predicted molar refractivity (Wildman–Crippen MR) is 110 cm³/mol. The lowest BCUT2D eigenvalue weighted by atomic mass is 10.1. The summed E-state index contributed by atoms with van der Waals surface area (Å²) < 4.78 is 4.87. The van der Waals surface area contributed by atoms with E-state index in [0.29, 0.717) is 38.3 Å². The van der Waals surface area contributed by atoms with Crippen LogP contribution >= 0.6 is 0 Å². The van der Waals surface area contributed by atoms with Gasteiger partial charge in [0, 0.05) is 32.7 Å². The number of ether oxygens (including phenoxy) is 1. The van der Waals surface area contributed by atoms with E-state index in [1.165, 1.54) is 12.7 Å². The first-order chi connectivity index (χ1) is 13.7. The molecule has 0 unspecified atom stereocenters. The van der Waals surface area contributed by atoms with Gasteiger partial charge in [-0.3, -0.25) is 0 Å². The molecule has 2 amide bonds. The van der Waals surface area contributed by atoms with Crippen molar-refractivity contribution in [1.82, 2.24) is 10.2 Å². The minimum atomic E-state index is -0.339. The van der Waals surface area contributed by atoms with E-state index < -0.39 is 0 Å². The number of nitrogens with zero attached hydrogens (tertiary/aromatic N) is 2. The average Bonchev–Trinajstić information content (AvgIpc) is 2.77. The molecule has 0 radical (unpaired) electrons. The van der Waals surface area contributed by atoms with Crippen LogP contribution in [0.15, 0.2) is 54.6 Å². The molecule has 0 saturated carbocycles. The Bertz CT molecular complexity index is 787. The number of amides is 2. The molecule has 0 spiro atoms. The monoisotopic (exact) mass is 381 g/mol. The van der Waals surface area contributed by atoms with Gasteiger partial charge in [-0.25, -0.2) is 9.59 Å². The summed E-state index contributed by atoms with van der Waals surface area (Å²) in [6, 6.07) is 17.7. The lowest BCUT2D eigenvalue weighted by Crippen LogP contribution is -2.52. The van der Waals surface area contributed by atoms with Gasteiger partial charge in [0.2, 0.25) is 0 Å². The number of hydrogen-bond acceptors (Lipinski definition) is 4. The Morgan fingerprint density at radius 3 is 2.36 bits per heavy atom. The number of hydrogen-bond donors (Lipinski definition) is 1. The number of nitrogens with one attached hydrogen (secondary N) is 1. The Labute approximate surface area is 166 Å². The normalized spacial score (nSPS) is 13.9. The molecule has 1 aliphatic rings. The SMILES string of the molecule is COC(=O)c1ccccc1N1CCN(C(=O)NCCCc2ccccc2)CC1. The summed E-state index contributed by atoms with van der Waals surface area (Å²) in [6.07, 6.45) is 1.88. The van der Waals surface area contributed by atoms with Crippen molar-refractivity contribution < 1.29 is 14.3 Å². The average molecular weight is 381 g/mol. The third-order valence-electron chi connectivity index (χ3n) is 4.98. The van der Waals surface area contributed by atoms with E-state index in [9.17, 15) is 9.59 Å². The molecular formula is C22H27N3O3. The van der Waals surface area contributed by atoms with Crippen LogP contribution in [0.5, 0.6) is 0 Å². The summed E-state index contributed by atoms with van der Waals surface area (Å²) in [5.74, 6) is -0.339. The van der Waals surface area contributed by atoms with E-state index in [2.05, 4.69) is 22.3 Å². The van der Waals surface area contributed by atoms with Crippen LogP contribution < -0.4 is 10.2 Å². The van der Waals surface area contributed by atoms with Crippen molar-refractivity contribution in [2.45, 2.75) is 12.8 Å². The zero-order valence-electron chi connectivity index (χ0n) is 16.3. The van der Waals surface area contributed by atoms with Gasteiger partial charge >= 0.3 is 12.0 Å². The van der Waals surface area contributed by atoms with Gasteiger partial charge in [-0.2, -0.15) is 0 Å². The van der Waals surface area contributed by atoms with Gasteiger partial charge < -0.3 is 19.9 Å². The van der Waals surface area contributed by atoms with Crippen LogP contribution in [0, 0.1) is 0 Å². The molecule has 0 bridgehead atoms. The quantitative estimate of drug-likeness (QED) is 0.617. The fraction of sp³-hybridized carbons (Fsp3) is 0.364. The van der Waals surface area contributed by atoms with Crippen molar-refractivity contribution in [2.75, 3.05) is 44.7 Å². The number of benzene rings is 2. The molecule has 0 atom stereocenters. The maximum Gasteiger partial charge on any atom is 0.339 e. The number of urea groups is 1. The molecule has 1 fully saturated rings. The zero-order valence-corrected chi connectivity index (χ0v) is 16.3. The summed E-state index contributed by atoms with van der Waals surface area (Å²) >= 11 is 0. The summed E-state index contributed by atoms with van der Waals surface area (Å²) in [5.41, 5.74) is 2.70. The molecule has 2 aromatic carbocycles. The van der Waals surface area contributed by atoms with E-state index in [1.807, 2.05) is 41.3 Å². The maximum atomic E-state index is 12.4. The van der Waals surface area contributed by atoms with E-state index in [-0.39, 0.29) is 12.0 Å². The molecule has 1 aliphatic heterocycles. The van der Waals surface area contributed by atoms with Crippen LogP contribution in [-0.2, 0) is 11.2 Å². The number of methoxy groups -OCH3 is 1. The van der Waals surface area contributed by atoms with Crippen LogP contribution in [0.25, 0.3) is 0 Å². The second-order valence-corrected chi connectivity index (χ2v) is 6.80. The lowest BCUT2D eigenvalue weighted by molar-refractivity contribution is 0.0601. The summed E-state index contributed by atoms with van der Waals surface area (Å²) in [6.45, 7) is 3.29. The van der Waals surface area contributed by atoms with Crippen molar-refractivity contribution in [3.8, 4) is 0 Å². The molecule has 6 heteroatoms. The Morgan fingerprint density at radius 2 is 1.64 bits per heavy atom. The Kier molecular flexibility index (Phi) is 6.89. The first kappa shape index (κ1) is 19.7. The number of aryl methyl sites for hydroxylation is 1. The second kappa shape index (κ2) is 9.78. The molecule has 0 aliphatic carbocycles. The van der Waals surface area contributed by atoms with Gasteiger partial charge in [0.25, 0.3) is 0 Å². The Hall–Kier alpha value is -3.02. The summed E-state index contributed by atoms with van der Waals surface area (Å²) in [5, 5.41) is 3.01. The molecule has 3 rings (SSSR count). The molecule has 0 aromatic heterocycles. The number of rotatable bonds is 6. The lowest BCUT2D eigenvalue weighted by Gasteiger charge is -2.36. The second-order valence-electron chi connectivity index (χ2n) is 6.80. The molecule has 28 heavy (non-hydrogen) atoms. The fourth-order valence-electron chi connectivity index (χ4n) is 3.43. The van der Waals surface area contributed by atoms with Crippen LogP contribution in [0.4, 0.5) is 10.5 Å². The zero-order chi connectivity index (χ0) is 19.8. The highest BCUT2D eigenvalue weighted by molar-refractivity contribution is 5.95. The van der Waals surface area contributed by atoms with Crippen LogP contribution in [0.2, 0.25) is 0 Å². The topological polar surface area (TPSA) is 61.9 Å². The minimum absolute atomic E-state index is 0.0195. The summed E-state index contributed by atoms with van der Waals surface area (Å²) in [4.78, 5) is 28.3. The van der Waals surface area contributed by atoms with E-state index in [4.69, 9.17) is 4.74 Å². The number of anilines is 1. The third-order valence-corrected chi connectivity index (χ3v) is 4.98. The van der Waals surface area contributed by atoms with Gasteiger partial charge in [-0.05, 0) is 30.5 Å². The molecule has 148 valence electrons. The van der Waals surface area contributed by atoms with Gasteiger partial charge in [0.15, 0.2) is 0 Å². The van der Waals surface area contributed by atoms with Crippen LogP contribution in [0.1, 0.15) is 22.3 Å². The van der Waals surface area contributed by atoms with E-state index in [0.717, 1.165) is 18.5 Å². The van der Waals surface area contributed by atoms with Crippen LogP contribution in [-0.4, -0.2) is 56.7 Å². The number of para-hydroxylation sites is 1. The highest BCUT2D eigenvalue weighted by Gasteiger charge is 2.23. The largest absolute Gasteiger partial charge is 0.465 e. The molecule has 1 heterocycles.